The van der Waals surface area contributed by atoms with Crippen molar-refractivity contribution < 1.29 is 23.1 Å². The average Bonchev–Trinajstić information content (AvgIpc) is 3.03. The van der Waals surface area contributed by atoms with Gasteiger partial charge < -0.3 is 10.4 Å². The van der Waals surface area contributed by atoms with Crippen LogP contribution >= 0.6 is 0 Å². The summed E-state index contributed by atoms with van der Waals surface area (Å²) in [6.07, 6.45) is -1.62. The molecule has 2 N–H and O–H groups in total. The number of carbonyl (C=O) groups is 1. The van der Waals surface area contributed by atoms with Crippen molar-refractivity contribution in [1.29, 1.82) is 0 Å². The fourth-order valence-electron chi connectivity index (χ4n) is 3.81. The normalized spacial score (nSPS) is 20.1. The van der Waals surface area contributed by atoms with Crippen molar-refractivity contribution >= 4 is 16.9 Å². The number of fused-ring (bicyclic) bond motifs is 1. The second-order valence-electron chi connectivity index (χ2n) is 7.37. The number of phenols is 1. The highest BCUT2D eigenvalue weighted by Crippen LogP contribution is 2.38. The van der Waals surface area contributed by atoms with Gasteiger partial charge in [-0.05, 0) is 50.1 Å². The van der Waals surface area contributed by atoms with Gasteiger partial charge in [0.05, 0.1) is 17.3 Å². The summed E-state index contributed by atoms with van der Waals surface area (Å²) in [5.74, 6) is -0.466. The minimum Gasteiger partial charge on any atom is -0.507 e. The van der Waals surface area contributed by atoms with Gasteiger partial charge in [-0.2, -0.15) is 18.3 Å². The minimum atomic E-state index is -4.54. The van der Waals surface area contributed by atoms with Crippen LogP contribution in [0, 0.1) is 6.92 Å². The number of aromatic nitrogens is 3. The molecule has 0 saturated carbocycles. The summed E-state index contributed by atoms with van der Waals surface area (Å²) >= 11 is 0. The first-order valence-electron chi connectivity index (χ1n) is 9.20. The van der Waals surface area contributed by atoms with Gasteiger partial charge >= 0.3 is 6.18 Å². The summed E-state index contributed by atoms with van der Waals surface area (Å²) in [6, 6.07) is 5.03. The molecule has 1 aliphatic heterocycles. The Labute approximate surface area is 164 Å². The maximum absolute atomic E-state index is 13.0. The third-order valence-corrected chi connectivity index (χ3v) is 5.26. The van der Waals surface area contributed by atoms with Crippen molar-refractivity contribution in [2.75, 3.05) is 0 Å². The molecule has 3 aromatic rings. The number of nitrogens with one attached hydrogen (secondary N) is 1. The third kappa shape index (κ3) is 3.52. The van der Waals surface area contributed by atoms with Crippen LogP contribution in [-0.4, -0.2) is 31.8 Å². The first-order chi connectivity index (χ1) is 13.6. The van der Waals surface area contributed by atoms with Gasteiger partial charge in [0, 0.05) is 29.6 Å². The molecule has 3 heterocycles. The monoisotopic (exact) mass is 404 g/mol. The molecule has 1 aromatic carbocycles. The molecule has 1 unspecified atom stereocenters. The Kier molecular flexibility index (Phi) is 4.48. The predicted molar refractivity (Wildman–Crippen MR) is 100 cm³/mol. The highest BCUT2D eigenvalue weighted by atomic mass is 19.4. The number of rotatable bonds is 2. The summed E-state index contributed by atoms with van der Waals surface area (Å²) in [7, 11) is 0. The molecule has 9 heteroatoms. The average molecular weight is 404 g/mol. The van der Waals surface area contributed by atoms with Crippen LogP contribution in [0.25, 0.3) is 22.3 Å². The van der Waals surface area contributed by atoms with Crippen molar-refractivity contribution in [1.82, 2.24) is 20.1 Å². The molecule has 0 bridgehead atoms. The largest absolute Gasteiger partial charge is 0.507 e. The van der Waals surface area contributed by atoms with Gasteiger partial charge in [0.1, 0.15) is 5.75 Å². The number of hydrogen-bond acceptors (Lipinski definition) is 4. The lowest BCUT2D eigenvalue weighted by Gasteiger charge is -2.29. The van der Waals surface area contributed by atoms with Crippen LogP contribution in [0.3, 0.4) is 0 Å². The molecular weight excluding hydrogens is 385 g/mol. The minimum absolute atomic E-state index is 0.00782. The number of phenolic OH excluding ortho intramolecular Hbond substituents is 1. The number of hydrogen-bond donors (Lipinski definition) is 2. The van der Waals surface area contributed by atoms with Crippen molar-refractivity contribution in [2.24, 2.45) is 0 Å². The van der Waals surface area contributed by atoms with Gasteiger partial charge in [0.25, 0.3) is 0 Å². The number of pyridine rings is 1. The lowest BCUT2D eigenvalue weighted by atomic mass is 9.99. The maximum atomic E-state index is 13.0. The molecule has 4 rings (SSSR count). The van der Waals surface area contributed by atoms with Gasteiger partial charge in [-0.3, -0.25) is 9.48 Å². The summed E-state index contributed by atoms with van der Waals surface area (Å²) in [5.41, 5.74) is 0.372. The lowest BCUT2D eigenvalue weighted by Crippen LogP contribution is -2.43. The van der Waals surface area contributed by atoms with E-state index in [0.717, 1.165) is 11.5 Å². The van der Waals surface area contributed by atoms with Crippen LogP contribution in [0.1, 0.15) is 36.9 Å². The molecule has 6 nitrogen and oxygen atoms in total. The fraction of sp³-hybridized carbons (Fsp3) is 0.350. The molecule has 2 atom stereocenters. The van der Waals surface area contributed by atoms with E-state index in [-0.39, 0.29) is 29.1 Å². The van der Waals surface area contributed by atoms with Gasteiger partial charge in [-0.15, -0.1) is 0 Å². The van der Waals surface area contributed by atoms with Crippen molar-refractivity contribution in [3.8, 4) is 17.0 Å². The number of aromatic hydroxyl groups is 1. The third-order valence-electron chi connectivity index (χ3n) is 5.26. The Morgan fingerprint density at radius 1 is 1.28 bits per heavy atom. The van der Waals surface area contributed by atoms with E-state index in [1.165, 1.54) is 6.92 Å². The Morgan fingerprint density at radius 2 is 2.03 bits per heavy atom. The summed E-state index contributed by atoms with van der Waals surface area (Å²) in [6.45, 7) is 3.41. The number of alkyl halides is 3. The Balaban J connectivity index is 1.73. The summed E-state index contributed by atoms with van der Waals surface area (Å²) in [4.78, 5) is 16.0. The van der Waals surface area contributed by atoms with E-state index in [9.17, 15) is 23.1 Å². The highest BCUT2D eigenvalue weighted by molar-refractivity contribution is 5.81. The predicted octanol–water partition coefficient (Wildman–Crippen LogP) is 3.97. The molecule has 0 radical (unpaired) electrons. The van der Waals surface area contributed by atoms with Gasteiger partial charge in [-0.1, -0.05) is 0 Å². The first-order valence-corrected chi connectivity index (χ1v) is 9.20. The second kappa shape index (κ2) is 6.75. The molecule has 1 amide bonds. The molecule has 1 aliphatic rings. The smallest absolute Gasteiger partial charge is 0.416 e. The molecule has 152 valence electrons. The molecule has 0 spiro atoms. The van der Waals surface area contributed by atoms with E-state index in [1.807, 2.05) is 13.1 Å². The van der Waals surface area contributed by atoms with Gasteiger partial charge in [0.15, 0.2) is 5.65 Å². The number of amides is 1. The van der Waals surface area contributed by atoms with Crippen LogP contribution < -0.4 is 5.32 Å². The molecule has 29 heavy (non-hydrogen) atoms. The number of halogens is 3. The second-order valence-corrected chi connectivity index (χ2v) is 7.37. The van der Waals surface area contributed by atoms with E-state index in [2.05, 4.69) is 15.4 Å². The first kappa shape index (κ1) is 19.2. The zero-order valence-electron chi connectivity index (χ0n) is 15.8. The van der Waals surface area contributed by atoms with Crippen LogP contribution in [0.2, 0.25) is 0 Å². The molecule has 2 aromatic heterocycles. The Morgan fingerprint density at radius 3 is 2.69 bits per heavy atom. The number of nitrogens with zero attached hydrogens (tertiary/aromatic N) is 3. The van der Waals surface area contributed by atoms with Crippen molar-refractivity contribution in [2.45, 2.75) is 44.9 Å². The number of aryl methyl sites for hydroxylation is 1. The maximum Gasteiger partial charge on any atom is 0.416 e. The van der Waals surface area contributed by atoms with E-state index in [0.29, 0.717) is 30.2 Å². The standard InChI is InChI=1S/C20H19F3N4O2/c1-10-7-13(20(21,22)23)8-16(28)18(10)14-4-3-12-9-27(26-19(12)25-14)15-5-6-17(29)24-11(15)2/h3-4,7-9,11,15,28H,5-6H2,1-2H3,(H,24,29)/t11?,15-/m1/s1. The highest BCUT2D eigenvalue weighted by Gasteiger charge is 2.32. The van der Waals surface area contributed by atoms with Crippen LogP contribution in [0.4, 0.5) is 13.2 Å². The Hall–Kier alpha value is -3.10. The van der Waals surface area contributed by atoms with E-state index in [1.54, 1.807) is 16.8 Å². The zero-order chi connectivity index (χ0) is 20.9. The summed E-state index contributed by atoms with van der Waals surface area (Å²) in [5, 5.41) is 18.4. The number of carbonyl (C=O) groups excluding carboxylic acids is 1. The van der Waals surface area contributed by atoms with Crippen LogP contribution in [-0.2, 0) is 11.0 Å². The molecule has 1 saturated heterocycles. The van der Waals surface area contributed by atoms with Gasteiger partial charge in [-0.25, -0.2) is 4.98 Å². The quantitative estimate of drug-likeness (QED) is 0.677. The molecule has 0 aliphatic carbocycles. The lowest BCUT2D eigenvalue weighted by molar-refractivity contribution is -0.137. The van der Waals surface area contributed by atoms with E-state index < -0.39 is 17.5 Å². The number of benzene rings is 1. The number of piperidine rings is 1. The van der Waals surface area contributed by atoms with Gasteiger partial charge in [0.2, 0.25) is 5.91 Å². The summed E-state index contributed by atoms with van der Waals surface area (Å²) < 4.78 is 40.6. The van der Waals surface area contributed by atoms with E-state index >= 15 is 0 Å². The molecule has 1 fully saturated rings. The fourth-order valence-corrected chi connectivity index (χ4v) is 3.81. The van der Waals surface area contributed by atoms with Crippen LogP contribution in [0.15, 0.2) is 30.5 Å². The Bertz CT molecular complexity index is 1080. The SMILES string of the molecule is Cc1cc(C(F)(F)F)cc(O)c1-c1ccc2cn([C@@H]3CCC(=O)NC3C)nc2n1. The van der Waals surface area contributed by atoms with Crippen LogP contribution in [0.5, 0.6) is 5.75 Å². The zero-order valence-corrected chi connectivity index (χ0v) is 15.8. The molecular formula is C20H19F3N4O2. The van der Waals surface area contributed by atoms with Crippen molar-refractivity contribution in [3.05, 3.63) is 41.6 Å². The van der Waals surface area contributed by atoms with E-state index in [4.69, 9.17) is 0 Å². The van der Waals surface area contributed by atoms with Crippen molar-refractivity contribution in [3.63, 3.8) is 0 Å². The topological polar surface area (TPSA) is 80.0 Å².